The number of hydrogen-bond acceptors (Lipinski definition) is 2. The van der Waals surface area contributed by atoms with Gasteiger partial charge < -0.3 is 5.11 Å². The van der Waals surface area contributed by atoms with E-state index in [4.69, 9.17) is 0 Å². The fourth-order valence-corrected chi connectivity index (χ4v) is 0.830. The third kappa shape index (κ3) is 1.88. The van der Waals surface area contributed by atoms with Crippen LogP contribution >= 0.6 is 0 Å². The first-order valence-corrected chi connectivity index (χ1v) is 3.45. The largest absolute Gasteiger partial charge is 0.384 e. The van der Waals surface area contributed by atoms with Crippen LogP contribution in [0.5, 0.6) is 0 Å². The SMILES string of the molecule is C=C(C)[C@H](O)c1ccncc1. The highest BCUT2D eigenvalue weighted by molar-refractivity contribution is 5.20. The van der Waals surface area contributed by atoms with Crippen molar-refractivity contribution in [3.05, 3.63) is 42.2 Å². The fraction of sp³-hybridized carbons (Fsp3) is 0.222. The summed E-state index contributed by atoms with van der Waals surface area (Å²) in [6.45, 7) is 5.46. The molecule has 58 valence electrons. The summed E-state index contributed by atoms with van der Waals surface area (Å²) < 4.78 is 0. The Kier molecular flexibility index (Phi) is 2.39. The molecule has 0 saturated carbocycles. The van der Waals surface area contributed by atoms with Crippen LogP contribution in [0.1, 0.15) is 18.6 Å². The van der Waals surface area contributed by atoms with Gasteiger partial charge in [-0.15, -0.1) is 0 Å². The van der Waals surface area contributed by atoms with Crippen LogP contribution < -0.4 is 0 Å². The van der Waals surface area contributed by atoms with Gasteiger partial charge in [-0.3, -0.25) is 4.98 Å². The summed E-state index contributed by atoms with van der Waals surface area (Å²) in [4.78, 5) is 3.85. The summed E-state index contributed by atoms with van der Waals surface area (Å²) >= 11 is 0. The van der Waals surface area contributed by atoms with Crippen LogP contribution in [0, 0.1) is 0 Å². The van der Waals surface area contributed by atoms with Crippen molar-refractivity contribution in [1.82, 2.24) is 4.98 Å². The van der Waals surface area contributed by atoms with Crippen LogP contribution in [0.15, 0.2) is 36.7 Å². The third-order valence-corrected chi connectivity index (χ3v) is 1.49. The van der Waals surface area contributed by atoms with E-state index in [1.54, 1.807) is 31.5 Å². The zero-order valence-electron chi connectivity index (χ0n) is 6.49. The molecule has 0 aliphatic rings. The second kappa shape index (κ2) is 3.30. The minimum Gasteiger partial charge on any atom is -0.384 e. The topological polar surface area (TPSA) is 33.1 Å². The van der Waals surface area contributed by atoms with Crippen LogP contribution in [-0.2, 0) is 0 Å². The normalized spacial score (nSPS) is 12.5. The molecule has 0 aliphatic heterocycles. The van der Waals surface area contributed by atoms with Crippen LogP contribution in [0.3, 0.4) is 0 Å². The fourth-order valence-electron chi connectivity index (χ4n) is 0.830. The van der Waals surface area contributed by atoms with E-state index in [9.17, 15) is 5.11 Å². The van der Waals surface area contributed by atoms with E-state index in [1.807, 2.05) is 0 Å². The van der Waals surface area contributed by atoms with E-state index in [0.29, 0.717) is 0 Å². The maximum Gasteiger partial charge on any atom is 0.0996 e. The van der Waals surface area contributed by atoms with Crippen LogP contribution in [0.2, 0.25) is 0 Å². The Bertz CT molecular complexity index is 243. The van der Waals surface area contributed by atoms with Gasteiger partial charge in [-0.25, -0.2) is 0 Å². The standard InChI is InChI=1S/C9H11NO/c1-7(2)9(11)8-3-5-10-6-4-8/h3-6,9,11H,1H2,2H3/t9-/m0/s1. The van der Waals surface area contributed by atoms with Gasteiger partial charge in [0.15, 0.2) is 0 Å². The van der Waals surface area contributed by atoms with Crippen LogP contribution in [0.25, 0.3) is 0 Å². The molecule has 0 unspecified atom stereocenters. The highest BCUT2D eigenvalue weighted by Gasteiger charge is 2.05. The molecular formula is C9H11NO. The molecule has 1 rings (SSSR count). The van der Waals surface area contributed by atoms with Gasteiger partial charge in [-0.2, -0.15) is 0 Å². The van der Waals surface area contributed by atoms with Crippen molar-refractivity contribution in [2.75, 3.05) is 0 Å². The lowest BCUT2D eigenvalue weighted by Crippen LogP contribution is -1.97. The minimum absolute atomic E-state index is 0.557. The number of nitrogens with zero attached hydrogens (tertiary/aromatic N) is 1. The molecule has 0 saturated heterocycles. The molecule has 1 atom stereocenters. The van der Waals surface area contributed by atoms with Crippen molar-refractivity contribution in [1.29, 1.82) is 0 Å². The van der Waals surface area contributed by atoms with Gasteiger partial charge in [0.05, 0.1) is 6.10 Å². The molecule has 0 radical (unpaired) electrons. The van der Waals surface area contributed by atoms with Gasteiger partial charge in [-0.05, 0) is 30.2 Å². The lowest BCUT2D eigenvalue weighted by molar-refractivity contribution is 0.216. The van der Waals surface area contributed by atoms with Gasteiger partial charge in [0.1, 0.15) is 0 Å². The Labute approximate surface area is 66.2 Å². The summed E-state index contributed by atoms with van der Waals surface area (Å²) in [5.74, 6) is 0. The van der Waals surface area contributed by atoms with E-state index in [0.717, 1.165) is 11.1 Å². The molecule has 1 N–H and O–H groups in total. The Morgan fingerprint density at radius 2 is 2.09 bits per heavy atom. The first-order valence-electron chi connectivity index (χ1n) is 3.45. The summed E-state index contributed by atoms with van der Waals surface area (Å²) in [5, 5.41) is 9.47. The molecule has 0 fully saturated rings. The molecule has 0 aromatic carbocycles. The number of rotatable bonds is 2. The lowest BCUT2D eigenvalue weighted by atomic mass is 10.1. The predicted molar refractivity (Wildman–Crippen MR) is 44.0 cm³/mol. The molecule has 1 heterocycles. The van der Waals surface area contributed by atoms with Gasteiger partial charge in [0.25, 0.3) is 0 Å². The average Bonchev–Trinajstić information content (AvgIpc) is 2.05. The van der Waals surface area contributed by atoms with E-state index in [-0.39, 0.29) is 0 Å². The van der Waals surface area contributed by atoms with E-state index >= 15 is 0 Å². The first kappa shape index (κ1) is 7.95. The van der Waals surface area contributed by atoms with Crippen molar-refractivity contribution >= 4 is 0 Å². The molecule has 1 aromatic heterocycles. The molecule has 0 spiro atoms. The van der Waals surface area contributed by atoms with Crippen molar-refractivity contribution in [2.24, 2.45) is 0 Å². The maximum absolute atomic E-state index is 9.47. The second-order valence-electron chi connectivity index (χ2n) is 2.53. The zero-order valence-corrected chi connectivity index (χ0v) is 6.49. The smallest absolute Gasteiger partial charge is 0.0996 e. The lowest BCUT2D eigenvalue weighted by Gasteiger charge is -2.08. The zero-order chi connectivity index (χ0) is 8.27. The number of aliphatic hydroxyl groups excluding tert-OH is 1. The Morgan fingerprint density at radius 3 is 2.55 bits per heavy atom. The average molecular weight is 149 g/mol. The molecule has 2 heteroatoms. The summed E-state index contributed by atoms with van der Waals surface area (Å²) in [7, 11) is 0. The molecule has 0 aliphatic carbocycles. The van der Waals surface area contributed by atoms with Gasteiger partial charge in [0, 0.05) is 12.4 Å². The minimum atomic E-state index is -0.557. The van der Waals surface area contributed by atoms with Crippen LogP contribution in [-0.4, -0.2) is 10.1 Å². The monoisotopic (exact) mass is 149 g/mol. The summed E-state index contributed by atoms with van der Waals surface area (Å²) in [5.41, 5.74) is 1.59. The van der Waals surface area contributed by atoms with E-state index < -0.39 is 6.10 Å². The van der Waals surface area contributed by atoms with E-state index in [1.165, 1.54) is 0 Å². The van der Waals surface area contributed by atoms with Gasteiger partial charge >= 0.3 is 0 Å². The number of hydrogen-bond donors (Lipinski definition) is 1. The highest BCUT2D eigenvalue weighted by atomic mass is 16.3. The number of aliphatic hydroxyl groups is 1. The van der Waals surface area contributed by atoms with Gasteiger partial charge in [-0.1, -0.05) is 6.58 Å². The maximum atomic E-state index is 9.47. The van der Waals surface area contributed by atoms with Crippen molar-refractivity contribution in [3.63, 3.8) is 0 Å². The van der Waals surface area contributed by atoms with Crippen molar-refractivity contribution in [3.8, 4) is 0 Å². The highest BCUT2D eigenvalue weighted by Crippen LogP contribution is 2.17. The second-order valence-corrected chi connectivity index (χ2v) is 2.53. The Morgan fingerprint density at radius 1 is 1.55 bits per heavy atom. The third-order valence-electron chi connectivity index (χ3n) is 1.49. The predicted octanol–water partition coefficient (Wildman–Crippen LogP) is 1.69. The molecule has 0 bridgehead atoms. The number of aromatic nitrogens is 1. The van der Waals surface area contributed by atoms with E-state index in [2.05, 4.69) is 11.6 Å². The van der Waals surface area contributed by atoms with Crippen LogP contribution in [0.4, 0.5) is 0 Å². The summed E-state index contributed by atoms with van der Waals surface area (Å²) in [6, 6.07) is 3.55. The Hall–Kier alpha value is -1.15. The molecular weight excluding hydrogens is 138 g/mol. The van der Waals surface area contributed by atoms with Crippen molar-refractivity contribution < 1.29 is 5.11 Å². The molecule has 11 heavy (non-hydrogen) atoms. The number of pyridine rings is 1. The molecule has 1 aromatic rings. The molecule has 0 amide bonds. The quantitative estimate of drug-likeness (QED) is 0.649. The first-order chi connectivity index (χ1) is 5.22. The van der Waals surface area contributed by atoms with Gasteiger partial charge in [0.2, 0.25) is 0 Å². The Balaban J connectivity index is 2.85. The summed E-state index contributed by atoms with van der Waals surface area (Å²) in [6.07, 6.45) is 2.75. The molecule has 2 nitrogen and oxygen atoms in total. The van der Waals surface area contributed by atoms with Crippen molar-refractivity contribution in [2.45, 2.75) is 13.0 Å².